The highest BCUT2D eigenvalue weighted by Crippen LogP contribution is 2.35. The van der Waals surface area contributed by atoms with Crippen molar-refractivity contribution in [2.24, 2.45) is 5.92 Å². The molecule has 2 aromatic carbocycles. The number of Topliss-reactive ketones (excluding diaryl/α,β-unsaturated/α-hetero) is 1. The van der Waals surface area contributed by atoms with Crippen molar-refractivity contribution in [3.8, 4) is 22.6 Å². The van der Waals surface area contributed by atoms with Crippen molar-refractivity contribution in [3.05, 3.63) is 60.7 Å². The number of oxazole rings is 1. The number of rotatable bonds is 5. The Morgan fingerprint density at radius 2 is 1.50 bits per heavy atom. The van der Waals surface area contributed by atoms with Crippen molar-refractivity contribution in [1.82, 2.24) is 4.98 Å². The fourth-order valence-electron chi connectivity index (χ4n) is 2.27. The third-order valence-corrected chi connectivity index (χ3v) is 4.93. The van der Waals surface area contributed by atoms with Crippen LogP contribution >= 0.6 is 11.8 Å². The lowest BCUT2D eigenvalue weighted by Crippen LogP contribution is -1.92. The van der Waals surface area contributed by atoms with E-state index in [0.29, 0.717) is 11.0 Å². The third kappa shape index (κ3) is 7.01. The molecule has 0 amide bonds. The van der Waals surface area contributed by atoms with E-state index in [4.69, 9.17) is 4.42 Å². The largest absolute Gasteiger partial charge is 0.431 e. The number of thioether (sulfide) groups is 1. The van der Waals surface area contributed by atoms with E-state index in [-0.39, 0.29) is 5.78 Å². The lowest BCUT2D eigenvalue weighted by molar-refractivity contribution is -0.114. The molecule has 28 heavy (non-hydrogen) atoms. The molecule has 0 saturated heterocycles. The van der Waals surface area contributed by atoms with Gasteiger partial charge in [0.25, 0.3) is 5.22 Å². The predicted molar refractivity (Wildman–Crippen MR) is 119 cm³/mol. The number of hydrogen-bond donors (Lipinski definition) is 0. The highest BCUT2D eigenvalue weighted by atomic mass is 32.2. The van der Waals surface area contributed by atoms with Crippen molar-refractivity contribution in [2.75, 3.05) is 5.75 Å². The molecular formula is C24H29NO2S. The van der Waals surface area contributed by atoms with Gasteiger partial charge >= 0.3 is 0 Å². The van der Waals surface area contributed by atoms with Crippen LogP contribution in [0, 0.1) is 5.92 Å². The van der Waals surface area contributed by atoms with E-state index in [9.17, 15) is 4.79 Å². The normalized spacial score (nSPS) is 12.3. The zero-order chi connectivity index (χ0) is 20.4. The highest BCUT2D eigenvalue weighted by molar-refractivity contribution is 7.99. The maximum absolute atomic E-state index is 11.2. The molecule has 1 heterocycles. The number of nitrogens with zero attached hydrogens (tertiary/aromatic N) is 1. The van der Waals surface area contributed by atoms with Gasteiger partial charge in [0, 0.05) is 11.1 Å². The van der Waals surface area contributed by atoms with Crippen molar-refractivity contribution >= 4 is 17.5 Å². The van der Waals surface area contributed by atoms with Gasteiger partial charge in [-0.25, -0.2) is 4.98 Å². The average molecular weight is 396 g/mol. The quantitative estimate of drug-likeness (QED) is 0.431. The van der Waals surface area contributed by atoms with E-state index in [1.807, 2.05) is 74.5 Å². The second kappa shape index (κ2) is 11.5. The number of carbonyl (C=O) groups excluding carboxylic acids is 1. The molecule has 4 rings (SSSR count). The smallest absolute Gasteiger partial charge is 0.257 e. The standard InChI is InChI=1S/C18H15NO2S.C4H8.C2H6/c1-13(20)12-22-18-19-16(14-8-4-2-5-9-14)17(21-18)15-10-6-3-7-11-15;1-4-2-3-4;1-2/h2-11H,12H2,1H3;4H,2-3H2,1H3;1-2H3. The number of hydrogen-bond acceptors (Lipinski definition) is 4. The Bertz CT molecular complexity index is 783. The first-order chi connectivity index (χ1) is 13.6. The van der Waals surface area contributed by atoms with Gasteiger partial charge in [0.15, 0.2) is 5.76 Å². The fourth-order valence-corrected chi connectivity index (χ4v) is 2.89. The van der Waals surface area contributed by atoms with Crippen LogP contribution in [-0.4, -0.2) is 16.5 Å². The maximum atomic E-state index is 11.2. The van der Waals surface area contributed by atoms with Crippen molar-refractivity contribution in [3.63, 3.8) is 0 Å². The molecule has 1 fully saturated rings. The van der Waals surface area contributed by atoms with Gasteiger partial charge in [0.1, 0.15) is 11.5 Å². The Kier molecular flexibility index (Phi) is 9.02. The lowest BCUT2D eigenvalue weighted by Gasteiger charge is -2.00. The van der Waals surface area contributed by atoms with Crippen molar-refractivity contribution in [2.45, 2.75) is 45.8 Å². The van der Waals surface area contributed by atoms with Crippen LogP contribution in [0.25, 0.3) is 22.6 Å². The van der Waals surface area contributed by atoms with E-state index in [1.54, 1.807) is 6.92 Å². The first kappa shape index (κ1) is 22.0. The zero-order valence-electron chi connectivity index (χ0n) is 17.1. The predicted octanol–water partition coefficient (Wildman–Crippen LogP) is 7.13. The Hall–Kier alpha value is -2.33. The summed E-state index contributed by atoms with van der Waals surface area (Å²) in [6.45, 7) is 7.84. The van der Waals surface area contributed by atoms with Crippen LogP contribution in [0.1, 0.15) is 40.5 Å². The van der Waals surface area contributed by atoms with E-state index in [0.717, 1.165) is 28.5 Å². The summed E-state index contributed by atoms with van der Waals surface area (Å²) in [5.41, 5.74) is 2.78. The van der Waals surface area contributed by atoms with Gasteiger partial charge in [-0.1, -0.05) is 106 Å². The van der Waals surface area contributed by atoms with E-state index < -0.39 is 0 Å². The minimum absolute atomic E-state index is 0.103. The average Bonchev–Trinajstić information content (AvgIpc) is 3.41. The molecule has 0 aliphatic heterocycles. The second-order valence-corrected chi connectivity index (χ2v) is 7.49. The molecule has 1 saturated carbocycles. The van der Waals surface area contributed by atoms with Crippen LogP contribution in [0.15, 0.2) is 70.3 Å². The van der Waals surface area contributed by atoms with E-state index in [2.05, 4.69) is 11.9 Å². The van der Waals surface area contributed by atoms with E-state index >= 15 is 0 Å². The summed E-state index contributed by atoms with van der Waals surface area (Å²) in [6, 6.07) is 19.8. The molecule has 0 atom stereocenters. The topological polar surface area (TPSA) is 43.1 Å². The zero-order valence-corrected chi connectivity index (χ0v) is 18.0. The van der Waals surface area contributed by atoms with Gasteiger partial charge in [-0.2, -0.15) is 0 Å². The minimum atomic E-state index is 0.103. The monoisotopic (exact) mass is 395 g/mol. The molecule has 0 bridgehead atoms. The first-order valence-corrected chi connectivity index (χ1v) is 10.9. The number of carbonyl (C=O) groups is 1. The van der Waals surface area contributed by atoms with Gasteiger partial charge in [-0.3, -0.25) is 4.79 Å². The molecule has 3 aromatic rings. The summed E-state index contributed by atoms with van der Waals surface area (Å²) >= 11 is 1.33. The molecule has 0 radical (unpaired) electrons. The van der Waals surface area contributed by atoms with Gasteiger partial charge < -0.3 is 4.42 Å². The van der Waals surface area contributed by atoms with Crippen molar-refractivity contribution < 1.29 is 9.21 Å². The van der Waals surface area contributed by atoms with Crippen LogP contribution in [0.5, 0.6) is 0 Å². The molecule has 1 aromatic heterocycles. The molecule has 148 valence electrons. The summed E-state index contributed by atoms with van der Waals surface area (Å²) < 4.78 is 5.91. The van der Waals surface area contributed by atoms with Crippen molar-refractivity contribution in [1.29, 1.82) is 0 Å². The number of benzene rings is 2. The van der Waals surface area contributed by atoms with Crippen LogP contribution in [0.2, 0.25) is 0 Å². The van der Waals surface area contributed by atoms with Gasteiger partial charge in [0.05, 0.1) is 5.75 Å². The summed E-state index contributed by atoms with van der Waals surface area (Å²) in [4.78, 5) is 15.7. The molecular weight excluding hydrogens is 366 g/mol. The Morgan fingerprint density at radius 3 is 1.96 bits per heavy atom. The SMILES string of the molecule is CC.CC(=O)CSc1nc(-c2ccccc2)c(-c2ccccc2)o1.CC1CC1. The summed E-state index contributed by atoms with van der Waals surface area (Å²) in [6.07, 6.45) is 2.97. The second-order valence-electron chi connectivity index (χ2n) is 6.56. The Balaban J connectivity index is 0.000000406. The number of aromatic nitrogens is 1. The Labute approximate surface area is 172 Å². The summed E-state index contributed by atoms with van der Waals surface area (Å²) in [5, 5.41) is 0.521. The Morgan fingerprint density at radius 1 is 1.00 bits per heavy atom. The van der Waals surface area contributed by atoms with Gasteiger partial charge in [-0.15, -0.1) is 0 Å². The minimum Gasteiger partial charge on any atom is -0.431 e. The highest BCUT2D eigenvalue weighted by Gasteiger charge is 2.17. The van der Waals surface area contributed by atoms with Gasteiger partial charge in [0.2, 0.25) is 0 Å². The molecule has 0 N–H and O–H groups in total. The molecule has 3 nitrogen and oxygen atoms in total. The fraction of sp³-hybridized carbons (Fsp3) is 0.333. The molecule has 4 heteroatoms. The lowest BCUT2D eigenvalue weighted by atomic mass is 10.1. The molecule has 0 spiro atoms. The third-order valence-electron chi connectivity index (χ3n) is 3.96. The number of ketones is 1. The summed E-state index contributed by atoms with van der Waals surface area (Å²) in [7, 11) is 0. The molecule has 1 aliphatic rings. The molecule has 0 unspecified atom stereocenters. The van der Waals surface area contributed by atoms with Crippen LogP contribution in [0.4, 0.5) is 0 Å². The van der Waals surface area contributed by atoms with Crippen LogP contribution in [0.3, 0.4) is 0 Å². The van der Waals surface area contributed by atoms with Crippen LogP contribution < -0.4 is 0 Å². The van der Waals surface area contributed by atoms with E-state index in [1.165, 1.54) is 24.6 Å². The first-order valence-electron chi connectivity index (χ1n) is 9.87. The molecule has 1 aliphatic carbocycles. The van der Waals surface area contributed by atoms with Crippen LogP contribution in [-0.2, 0) is 4.79 Å². The maximum Gasteiger partial charge on any atom is 0.257 e. The van der Waals surface area contributed by atoms with Gasteiger partial charge in [-0.05, 0) is 12.8 Å². The summed E-state index contributed by atoms with van der Waals surface area (Å²) in [5.74, 6) is 2.28.